The Hall–Kier alpha value is -3.49. The summed E-state index contributed by atoms with van der Waals surface area (Å²) in [5.74, 6) is -0.187. The van der Waals surface area contributed by atoms with E-state index in [1.807, 2.05) is 0 Å². The van der Waals surface area contributed by atoms with Crippen LogP contribution in [-0.2, 0) is 12.7 Å². The highest BCUT2D eigenvalue weighted by Crippen LogP contribution is 2.41. The molecule has 1 aliphatic carbocycles. The van der Waals surface area contributed by atoms with E-state index in [4.69, 9.17) is 0 Å². The summed E-state index contributed by atoms with van der Waals surface area (Å²) >= 11 is 0. The molecule has 1 aliphatic rings. The Morgan fingerprint density at radius 3 is 2.29 bits per heavy atom. The van der Waals surface area contributed by atoms with E-state index in [1.165, 1.54) is 45.8 Å². The summed E-state index contributed by atoms with van der Waals surface area (Å²) in [7, 11) is 0. The van der Waals surface area contributed by atoms with E-state index in [-0.39, 0.29) is 12.5 Å². The van der Waals surface area contributed by atoms with Crippen molar-refractivity contribution in [3.8, 4) is 5.69 Å². The van der Waals surface area contributed by atoms with Crippen LogP contribution < -0.4 is 5.56 Å². The Balaban J connectivity index is 1.61. The van der Waals surface area contributed by atoms with Crippen molar-refractivity contribution in [1.29, 1.82) is 0 Å². The molecule has 0 atom stereocenters. The van der Waals surface area contributed by atoms with E-state index < -0.39 is 23.1 Å². The van der Waals surface area contributed by atoms with E-state index in [9.17, 15) is 22.4 Å². The minimum Gasteiger partial charge on any atom is -0.265 e. The number of benzene rings is 2. The van der Waals surface area contributed by atoms with Gasteiger partial charge >= 0.3 is 6.18 Å². The zero-order valence-corrected chi connectivity index (χ0v) is 16.1. The molecule has 1 fully saturated rings. The van der Waals surface area contributed by atoms with Gasteiger partial charge in [-0.15, -0.1) is 0 Å². The second kappa shape index (κ2) is 7.04. The molecule has 0 saturated heterocycles. The van der Waals surface area contributed by atoms with Gasteiger partial charge in [-0.1, -0.05) is 12.1 Å². The topological polar surface area (TPSA) is 52.7 Å². The molecule has 1 saturated carbocycles. The van der Waals surface area contributed by atoms with Crippen LogP contribution in [0.1, 0.15) is 35.6 Å². The maximum Gasteiger partial charge on any atom is 0.416 e. The predicted octanol–water partition coefficient (Wildman–Crippen LogP) is 4.67. The first-order valence-electron chi connectivity index (χ1n) is 9.72. The average molecular weight is 428 g/mol. The molecule has 4 aromatic rings. The fraction of sp³-hybridized carbons (Fsp3) is 0.227. The first-order valence-corrected chi connectivity index (χ1v) is 9.72. The molecule has 31 heavy (non-hydrogen) atoms. The van der Waals surface area contributed by atoms with E-state index >= 15 is 0 Å². The number of rotatable bonds is 4. The highest BCUT2D eigenvalue weighted by atomic mass is 19.4. The van der Waals surface area contributed by atoms with Crippen molar-refractivity contribution in [3.05, 3.63) is 87.7 Å². The molecule has 0 amide bonds. The normalized spacial score (nSPS) is 14.3. The minimum atomic E-state index is -4.42. The van der Waals surface area contributed by atoms with Crippen molar-refractivity contribution in [2.45, 2.75) is 31.5 Å². The molecule has 158 valence electrons. The summed E-state index contributed by atoms with van der Waals surface area (Å²) in [5, 5.41) is 9.49. The highest BCUT2D eigenvalue weighted by Gasteiger charge is 2.31. The third kappa shape index (κ3) is 3.60. The van der Waals surface area contributed by atoms with Crippen molar-refractivity contribution >= 4 is 10.9 Å². The second-order valence-electron chi connectivity index (χ2n) is 7.61. The number of halogens is 4. The van der Waals surface area contributed by atoms with Crippen molar-refractivity contribution in [3.63, 3.8) is 0 Å². The molecule has 0 spiro atoms. The molecule has 2 heterocycles. The van der Waals surface area contributed by atoms with Gasteiger partial charge in [0.05, 0.1) is 29.7 Å². The van der Waals surface area contributed by atoms with Gasteiger partial charge in [0, 0.05) is 11.3 Å². The van der Waals surface area contributed by atoms with Gasteiger partial charge in [-0.25, -0.2) is 13.8 Å². The number of fused-ring (bicyclic) bond motifs is 1. The summed E-state index contributed by atoms with van der Waals surface area (Å²) in [6.07, 6.45) is -0.943. The maximum absolute atomic E-state index is 13.3. The molecular weight excluding hydrogens is 412 g/mol. The lowest BCUT2D eigenvalue weighted by Gasteiger charge is -2.11. The smallest absolute Gasteiger partial charge is 0.265 e. The van der Waals surface area contributed by atoms with Crippen LogP contribution in [0.3, 0.4) is 0 Å². The Labute approximate surface area is 173 Å². The van der Waals surface area contributed by atoms with Gasteiger partial charge in [-0.2, -0.15) is 23.4 Å². The van der Waals surface area contributed by atoms with Gasteiger partial charge in [0.1, 0.15) is 11.3 Å². The molecule has 0 unspecified atom stereocenters. The third-order valence-corrected chi connectivity index (χ3v) is 5.36. The van der Waals surface area contributed by atoms with Gasteiger partial charge in [0.15, 0.2) is 0 Å². The molecule has 5 nitrogen and oxygen atoms in total. The van der Waals surface area contributed by atoms with E-state index in [0.29, 0.717) is 22.2 Å². The first kappa shape index (κ1) is 19.5. The maximum atomic E-state index is 13.3. The predicted molar refractivity (Wildman–Crippen MR) is 106 cm³/mol. The minimum absolute atomic E-state index is 0.0290. The van der Waals surface area contributed by atoms with E-state index in [2.05, 4.69) is 10.2 Å². The number of alkyl halides is 3. The molecule has 2 aromatic heterocycles. The molecule has 2 aromatic carbocycles. The molecular formula is C22H16F4N4O. The molecule has 0 bridgehead atoms. The van der Waals surface area contributed by atoms with Crippen molar-refractivity contribution < 1.29 is 17.6 Å². The molecule has 5 rings (SSSR count). The van der Waals surface area contributed by atoms with Gasteiger partial charge in [-0.05, 0) is 54.8 Å². The van der Waals surface area contributed by atoms with Crippen LogP contribution in [0.2, 0.25) is 0 Å². The summed E-state index contributed by atoms with van der Waals surface area (Å²) in [5.41, 5.74) is 0.950. The van der Waals surface area contributed by atoms with Gasteiger partial charge in [-0.3, -0.25) is 4.79 Å². The number of hydrogen-bond acceptors (Lipinski definition) is 3. The largest absolute Gasteiger partial charge is 0.416 e. The Bertz CT molecular complexity index is 1320. The Kier molecular flexibility index (Phi) is 4.42. The first-order chi connectivity index (χ1) is 14.8. The fourth-order valence-corrected chi connectivity index (χ4v) is 3.61. The van der Waals surface area contributed by atoms with Crippen LogP contribution in [0.5, 0.6) is 0 Å². The lowest BCUT2D eigenvalue weighted by molar-refractivity contribution is -0.137. The monoisotopic (exact) mass is 428 g/mol. The lowest BCUT2D eigenvalue weighted by Crippen LogP contribution is -2.26. The Morgan fingerprint density at radius 1 is 1.00 bits per heavy atom. The van der Waals surface area contributed by atoms with Crippen LogP contribution in [0.4, 0.5) is 17.6 Å². The molecule has 0 radical (unpaired) electrons. The van der Waals surface area contributed by atoms with E-state index in [0.717, 1.165) is 30.7 Å². The van der Waals surface area contributed by atoms with Crippen LogP contribution >= 0.6 is 0 Å². The lowest BCUT2D eigenvalue weighted by atomic mass is 10.1. The number of nitrogens with zero attached hydrogens (tertiary/aromatic N) is 4. The van der Waals surface area contributed by atoms with Crippen LogP contribution in [0.25, 0.3) is 16.6 Å². The van der Waals surface area contributed by atoms with E-state index in [1.54, 1.807) is 6.20 Å². The SMILES string of the molecule is O=c1c2c(cnn2-c2ccc(F)cc2)c(C2CC2)nn1Cc1ccc(C(F)(F)F)cc1. The van der Waals surface area contributed by atoms with Gasteiger partial charge in [0.25, 0.3) is 5.56 Å². The highest BCUT2D eigenvalue weighted by molar-refractivity contribution is 5.82. The summed E-state index contributed by atoms with van der Waals surface area (Å²) < 4.78 is 54.5. The summed E-state index contributed by atoms with van der Waals surface area (Å²) in [4.78, 5) is 13.3. The van der Waals surface area contributed by atoms with Crippen molar-refractivity contribution in [1.82, 2.24) is 19.6 Å². The third-order valence-electron chi connectivity index (χ3n) is 5.36. The van der Waals surface area contributed by atoms with Crippen LogP contribution in [0.15, 0.2) is 59.5 Å². The number of hydrogen-bond donors (Lipinski definition) is 0. The van der Waals surface area contributed by atoms with Crippen molar-refractivity contribution in [2.24, 2.45) is 0 Å². The van der Waals surface area contributed by atoms with Gasteiger partial charge < -0.3 is 0 Å². The van der Waals surface area contributed by atoms with Crippen LogP contribution in [-0.4, -0.2) is 19.6 Å². The molecule has 9 heteroatoms. The van der Waals surface area contributed by atoms with Crippen LogP contribution in [0, 0.1) is 5.82 Å². The zero-order chi connectivity index (χ0) is 21.8. The van der Waals surface area contributed by atoms with Gasteiger partial charge in [0.2, 0.25) is 0 Å². The quantitative estimate of drug-likeness (QED) is 0.444. The summed E-state index contributed by atoms with van der Waals surface area (Å²) in [6.45, 7) is 0.0290. The van der Waals surface area contributed by atoms with Crippen molar-refractivity contribution in [2.75, 3.05) is 0 Å². The summed E-state index contributed by atoms with van der Waals surface area (Å²) in [6, 6.07) is 10.3. The Morgan fingerprint density at radius 2 is 1.68 bits per heavy atom. The molecule has 0 N–H and O–H groups in total. The molecule has 0 aliphatic heterocycles. The average Bonchev–Trinajstić information content (AvgIpc) is 3.48. The number of aromatic nitrogens is 4. The fourth-order valence-electron chi connectivity index (χ4n) is 3.61. The zero-order valence-electron chi connectivity index (χ0n) is 16.1. The standard InChI is InChI=1S/C22H16F4N4O/c23-16-7-9-17(10-8-16)30-20-18(11-27-30)19(14-3-4-14)28-29(21(20)31)12-13-1-5-15(6-2-13)22(24,25)26/h1-2,5-11,14H,3-4,12H2. The second-order valence-corrected chi connectivity index (χ2v) is 7.61.